The molecule has 202 valence electrons. The van der Waals surface area contributed by atoms with E-state index in [1.165, 1.54) is 17.0 Å². The minimum absolute atomic E-state index is 0.0703. The maximum atomic E-state index is 13.9. The van der Waals surface area contributed by atoms with Gasteiger partial charge < -0.3 is 10.2 Å². The summed E-state index contributed by atoms with van der Waals surface area (Å²) in [5, 5.41) is 3.39. The van der Waals surface area contributed by atoms with Crippen LogP contribution in [0.4, 0.5) is 5.69 Å². The van der Waals surface area contributed by atoms with Crippen molar-refractivity contribution in [2.75, 3.05) is 10.8 Å². The predicted molar refractivity (Wildman–Crippen MR) is 152 cm³/mol. The fraction of sp³-hybridized carbons (Fsp3) is 0.310. The van der Waals surface area contributed by atoms with Gasteiger partial charge in [0.15, 0.2) is 0 Å². The Labute approximate surface area is 230 Å². The largest absolute Gasteiger partial charge is 0.352 e. The highest BCUT2D eigenvalue weighted by Crippen LogP contribution is 2.26. The van der Waals surface area contributed by atoms with Crippen LogP contribution in [0.25, 0.3) is 0 Å². The third-order valence-electron chi connectivity index (χ3n) is 6.25. The number of hydrogen-bond acceptors (Lipinski definition) is 4. The molecule has 38 heavy (non-hydrogen) atoms. The minimum Gasteiger partial charge on any atom is -0.352 e. The second kappa shape index (κ2) is 12.5. The number of rotatable bonds is 10. The first-order valence-corrected chi connectivity index (χ1v) is 14.2. The van der Waals surface area contributed by atoms with Crippen LogP contribution in [-0.4, -0.2) is 43.8 Å². The molecule has 0 heterocycles. The Bertz CT molecular complexity index is 1380. The van der Waals surface area contributed by atoms with E-state index >= 15 is 0 Å². The smallest absolute Gasteiger partial charge is 0.264 e. The summed E-state index contributed by atoms with van der Waals surface area (Å²) in [5.41, 5.74) is 3.03. The third kappa shape index (κ3) is 7.14. The van der Waals surface area contributed by atoms with Crippen LogP contribution in [-0.2, 0) is 26.2 Å². The number of sulfonamides is 1. The SMILES string of the molecule is Cc1ccc(N(CC(=O)N(Cc2ccc(Cl)cc2)[C@H](C)C(=O)NC(C)C)S(=O)(=O)c2ccccc2)cc1C. The van der Waals surface area contributed by atoms with E-state index in [9.17, 15) is 18.0 Å². The molecule has 0 fully saturated rings. The molecule has 0 bridgehead atoms. The van der Waals surface area contributed by atoms with Crippen LogP contribution < -0.4 is 9.62 Å². The fourth-order valence-electron chi connectivity index (χ4n) is 3.90. The number of nitrogens with one attached hydrogen (secondary N) is 1. The summed E-state index contributed by atoms with van der Waals surface area (Å²) < 4.78 is 28.7. The highest BCUT2D eigenvalue weighted by Gasteiger charge is 2.32. The van der Waals surface area contributed by atoms with E-state index in [2.05, 4.69) is 5.32 Å². The van der Waals surface area contributed by atoms with Crippen molar-refractivity contribution >= 4 is 39.1 Å². The first kappa shape index (κ1) is 29.2. The van der Waals surface area contributed by atoms with E-state index in [-0.39, 0.29) is 23.4 Å². The average Bonchev–Trinajstić information content (AvgIpc) is 2.88. The number of anilines is 1. The molecule has 1 atom stereocenters. The Kier molecular flexibility index (Phi) is 9.57. The van der Waals surface area contributed by atoms with Crippen molar-refractivity contribution in [3.05, 3.63) is 94.5 Å². The summed E-state index contributed by atoms with van der Waals surface area (Å²) in [5.74, 6) is -0.838. The molecule has 0 saturated heterocycles. The maximum Gasteiger partial charge on any atom is 0.264 e. The average molecular weight is 556 g/mol. The van der Waals surface area contributed by atoms with Crippen molar-refractivity contribution in [1.82, 2.24) is 10.2 Å². The number of carbonyl (C=O) groups is 2. The molecule has 3 aromatic carbocycles. The predicted octanol–water partition coefficient (Wildman–Crippen LogP) is 5.09. The molecule has 0 aliphatic heterocycles. The Morgan fingerprint density at radius 2 is 1.53 bits per heavy atom. The normalized spacial score (nSPS) is 12.2. The highest BCUT2D eigenvalue weighted by molar-refractivity contribution is 7.92. The molecule has 1 N–H and O–H groups in total. The lowest BCUT2D eigenvalue weighted by molar-refractivity contribution is -0.139. The van der Waals surface area contributed by atoms with Crippen LogP contribution in [0, 0.1) is 13.8 Å². The lowest BCUT2D eigenvalue weighted by Crippen LogP contribution is -2.52. The van der Waals surface area contributed by atoms with Crippen molar-refractivity contribution in [2.45, 2.75) is 58.1 Å². The van der Waals surface area contributed by atoms with Crippen molar-refractivity contribution in [3.63, 3.8) is 0 Å². The Balaban J connectivity index is 2.04. The van der Waals surface area contributed by atoms with Crippen molar-refractivity contribution < 1.29 is 18.0 Å². The molecule has 0 aliphatic rings. The summed E-state index contributed by atoms with van der Waals surface area (Å²) >= 11 is 6.03. The van der Waals surface area contributed by atoms with Gasteiger partial charge in [0.1, 0.15) is 12.6 Å². The second-order valence-electron chi connectivity index (χ2n) is 9.58. The van der Waals surface area contributed by atoms with E-state index in [1.54, 1.807) is 61.5 Å². The zero-order chi connectivity index (χ0) is 28.0. The summed E-state index contributed by atoms with van der Waals surface area (Å²) in [4.78, 5) is 28.3. The molecule has 0 saturated carbocycles. The number of benzene rings is 3. The van der Waals surface area contributed by atoms with E-state index in [1.807, 2.05) is 33.8 Å². The number of hydrogen-bond donors (Lipinski definition) is 1. The Hall–Kier alpha value is -3.36. The molecule has 0 unspecified atom stereocenters. The quantitative estimate of drug-likeness (QED) is 0.377. The number of amides is 2. The van der Waals surface area contributed by atoms with Crippen molar-refractivity contribution in [3.8, 4) is 0 Å². The topological polar surface area (TPSA) is 86.8 Å². The molecule has 0 aromatic heterocycles. The molecule has 7 nitrogen and oxygen atoms in total. The summed E-state index contributed by atoms with van der Waals surface area (Å²) in [7, 11) is -4.09. The van der Waals surface area contributed by atoms with Crippen LogP contribution in [0.2, 0.25) is 5.02 Å². The van der Waals surface area contributed by atoms with Gasteiger partial charge in [-0.25, -0.2) is 8.42 Å². The van der Waals surface area contributed by atoms with Gasteiger partial charge in [-0.05, 0) is 87.7 Å². The number of halogens is 1. The lowest BCUT2D eigenvalue weighted by Gasteiger charge is -2.32. The van der Waals surface area contributed by atoms with E-state index in [4.69, 9.17) is 11.6 Å². The van der Waals surface area contributed by atoms with Gasteiger partial charge in [-0.1, -0.05) is 48.0 Å². The molecular formula is C29H34ClN3O4S. The molecule has 9 heteroatoms. The summed E-state index contributed by atoms with van der Waals surface area (Å²) in [6, 6.07) is 19.3. The van der Waals surface area contributed by atoms with Crippen LogP contribution >= 0.6 is 11.6 Å². The van der Waals surface area contributed by atoms with E-state index < -0.39 is 28.5 Å². The number of nitrogens with zero attached hydrogens (tertiary/aromatic N) is 2. The first-order chi connectivity index (χ1) is 17.9. The van der Waals surface area contributed by atoms with Gasteiger partial charge in [-0.3, -0.25) is 13.9 Å². The summed E-state index contributed by atoms with van der Waals surface area (Å²) in [6.07, 6.45) is 0. The first-order valence-electron chi connectivity index (χ1n) is 12.4. The van der Waals surface area contributed by atoms with E-state index in [0.29, 0.717) is 10.7 Å². The van der Waals surface area contributed by atoms with Crippen LogP contribution in [0.1, 0.15) is 37.5 Å². The van der Waals surface area contributed by atoms with Crippen LogP contribution in [0.15, 0.2) is 77.7 Å². The number of aryl methyl sites for hydroxylation is 2. The minimum atomic E-state index is -4.09. The van der Waals surface area contributed by atoms with Gasteiger partial charge in [0, 0.05) is 17.6 Å². The van der Waals surface area contributed by atoms with Gasteiger partial charge in [-0.2, -0.15) is 0 Å². The Morgan fingerprint density at radius 1 is 0.895 bits per heavy atom. The zero-order valence-electron chi connectivity index (χ0n) is 22.3. The number of carbonyl (C=O) groups excluding carboxylic acids is 2. The van der Waals surface area contributed by atoms with Crippen LogP contribution in [0.3, 0.4) is 0 Å². The van der Waals surface area contributed by atoms with Crippen molar-refractivity contribution in [2.24, 2.45) is 0 Å². The molecule has 3 aromatic rings. The van der Waals surface area contributed by atoms with Gasteiger partial charge in [0.25, 0.3) is 10.0 Å². The van der Waals surface area contributed by atoms with E-state index in [0.717, 1.165) is 21.0 Å². The van der Waals surface area contributed by atoms with Gasteiger partial charge in [0.2, 0.25) is 11.8 Å². The molecule has 0 spiro atoms. The second-order valence-corrected chi connectivity index (χ2v) is 11.9. The fourth-order valence-corrected chi connectivity index (χ4v) is 5.46. The monoisotopic (exact) mass is 555 g/mol. The summed E-state index contributed by atoms with van der Waals surface area (Å²) in [6.45, 7) is 8.76. The molecular weight excluding hydrogens is 522 g/mol. The molecule has 3 rings (SSSR count). The molecule has 2 amide bonds. The van der Waals surface area contributed by atoms with Gasteiger partial charge >= 0.3 is 0 Å². The van der Waals surface area contributed by atoms with Gasteiger partial charge in [-0.15, -0.1) is 0 Å². The van der Waals surface area contributed by atoms with Crippen LogP contribution in [0.5, 0.6) is 0 Å². The lowest BCUT2D eigenvalue weighted by atomic mass is 10.1. The molecule has 0 radical (unpaired) electrons. The highest BCUT2D eigenvalue weighted by atomic mass is 35.5. The Morgan fingerprint density at radius 3 is 2.11 bits per heavy atom. The zero-order valence-corrected chi connectivity index (χ0v) is 23.9. The third-order valence-corrected chi connectivity index (χ3v) is 8.29. The van der Waals surface area contributed by atoms with Crippen molar-refractivity contribution in [1.29, 1.82) is 0 Å². The maximum absolute atomic E-state index is 13.9. The molecule has 0 aliphatic carbocycles. The van der Waals surface area contributed by atoms with Gasteiger partial charge in [0.05, 0.1) is 10.6 Å². The standard InChI is InChI=1S/C29H34ClN3O4S/c1-20(2)31-29(35)23(5)32(18-24-12-14-25(30)15-13-24)28(34)19-33(26-16-11-21(3)22(4)17-26)38(36,37)27-9-7-6-8-10-27/h6-17,20,23H,18-19H2,1-5H3,(H,31,35)/t23-/m1/s1.